The largest absolute Gasteiger partial charge is 0.316 e. The Hall–Kier alpha value is -0.820. The summed E-state index contributed by atoms with van der Waals surface area (Å²) in [5.41, 5.74) is 4.27. The third-order valence-electron chi connectivity index (χ3n) is 4.55. The van der Waals surface area contributed by atoms with Crippen molar-refractivity contribution in [1.29, 1.82) is 0 Å². The minimum absolute atomic E-state index is 0.642. The molecule has 0 saturated heterocycles. The highest BCUT2D eigenvalue weighted by Crippen LogP contribution is 2.34. The summed E-state index contributed by atoms with van der Waals surface area (Å²) >= 11 is 0. The molecule has 1 saturated carbocycles. The number of rotatable bonds is 4. The average Bonchev–Trinajstić information content (AvgIpc) is 2.71. The van der Waals surface area contributed by atoms with Gasteiger partial charge in [0.1, 0.15) is 0 Å². The fourth-order valence-corrected chi connectivity index (χ4v) is 3.68. The van der Waals surface area contributed by atoms with Gasteiger partial charge in [0.2, 0.25) is 0 Å². The molecule has 0 heterocycles. The molecule has 1 aliphatic carbocycles. The summed E-state index contributed by atoms with van der Waals surface area (Å²) in [7, 11) is 2.12. The zero-order valence-corrected chi connectivity index (χ0v) is 12.3. The maximum absolute atomic E-state index is 3.56. The molecule has 3 unspecified atom stereocenters. The molecule has 18 heavy (non-hydrogen) atoms. The summed E-state index contributed by atoms with van der Waals surface area (Å²) in [6.07, 6.45) is 5.40. The number of hydrogen-bond acceptors (Lipinski definition) is 1. The quantitative estimate of drug-likeness (QED) is 0.849. The van der Waals surface area contributed by atoms with Crippen molar-refractivity contribution in [2.75, 3.05) is 7.05 Å². The molecular weight excluding hydrogens is 218 g/mol. The summed E-state index contributed by atoms with van der Waals surface area (Å²) in [6, 6.07) is 7.59. The summed E-state index contributed by atoms with van der Waals surface area (Å²) < 4.78 is 0. The van der Waals surface area contributed by atoms with Gasteiger partial charge in [-0.1, -0.05) is 49.1 Å². The molecule has 1 aromatic rings. The van der Waals surface area contributed by atoms with Gasteiger partial charge in [0.05, 0.1) is 0 Å². The van der Waals surface area contributed by atoms with Gasteiger partial charge in [-0.2, -0.15) is 0 Å². The molecule has 3 atom stereocenters. The van der Waals surface area contributed by atoms with Gasteiger partial charge in [-0.25, -0.2) is 0 Å². The average molecular weight is 245 g/mol. The second-order valence-electron chi connectivity index (χ2n) is 6.17. The molecule has 2 rings (SSSR count). The van der Waals surface area contributed by atoms with Crippen LogP contribution >= 0.6 is 0 Å². The number of aryl methyl sites for hydroxylation is 2. The van der Waals surface area contributed by atoms with E-state index in [9.17, 15) is 0 Å². The molecule has 1 nitrogen and oxygen atoms in total. The third-order valence-corrected chi connectivity index (χ3v) is 4.55. The molecule has 0 aliphatic heterocycles. The van der Waals surface area contributed by atoms with E-state index in [1.165, 1.54) is 42.4 Å². The Morgan fingerprint density at radius 3 is 2.33 bits per heavy atom. The van der Waals surface area contributed by atoms with Crippen molar-refractivity contribution in [1.82, 2.24) is 5.32 Å². The van der Waals surface area contributed by atoms with Gasteiger partial charge in [0.25, 0.3) is 0 Å². The van der Waals surface area contributed by atoms with Crippen LogP contribution in [0.15, 0.2) is 18.2 Å². The predicted octanol–water partition coefficient (Wildman–Crippen LogP) is 3.87. The summed E-state index contributed by atoms with van der Waals surface area (Å²) in [5, 5.41) is 3.56. The lowest BCUT2D eigenvalue weighted by Gasteiger charge is -2.27. The molecular formula is C17H27N. The molecule has 1 fully saturated rings. The third kappa shape index (κ3) is 3.14. The Labute approximate surface area is 112 Å². The van der Waals surface area contributed by atoms with Gasteiger partial charge in [-0.3, -0.25) is 0 Å². The van der Waals surface area contributed by atoms with Crippen LogP contribution in [0.25, 0.3) is 0 Å². The fourth-order valence-electron chi connectivity index (χ4n) is 3.68. The number of nitrogens with one attached hydrogen (secondary N) is 1. The van der Waals surface area contributed by atoms with E-state index in [-0.39, 0.29) is 0 Å². The van der Waals surface area contributed by atoms with E-state index in [4.69, 9.17) is 0 Å². The molecule has 1 heteroatoms. The van der Waals surface area contributed by atoms with Crippen molar-refractivity contribution in [3.8, 4) is 0 Å². The standard InChI is InChI=1S/C17H27N/c1-12-8-13(2)10-15(9-12)11-17(18-4)16-7-5-6-14(16)3/h8-10,14,16-18H,5-7,11H2,1-4H3. The summed E-state index contributed by atoms with van der Waals surface area (Å²) in [4.78, 5) is 0. The first-order chi connectivity index (χ1) is 8.60. The van der Waals surface area contributed by atoms with Crippen LogP contribution in [-0.2, 0) is 6.42 Å². The van der Waals surface area contributed by atoms with Crippen LogP contribution < -0.4 is 5.32 Å². The highest BCUT2D eigenvalue weighted by Gasteiger charge is 2.29. The Morgan fingerprint density at radius 1 is 1.17 bits per heavy atom. The second kappa shape index (κ2) is 5.88. The minimum Gasteiger partial charge on any atom is -0.316 e. The van der Waals surface area contributed by atoms with Crippen LogP contribution in [0.1, 0.15) is 42.9 Å². The normalized spacial score (nSPS) is 25.3. The molecule has 0 bridgehead atoms. The summed E-state index contributed by atoms with van der Waals surface area (Å²) in [5.74, 6) is 1.74. The Bertz CT molecular complexity index is 376. The Balaban J connectivity index is 2.09. The zero-order chi connectivity index (χ0) is 13.1. The van der Waals surface area contributed by atoms with Crippen LogP contribution in [0.2, 0.25) is 0 Å². The number of hydrogen-bond donors (Lipinski definition) is 1. The monoisotopic (exact) mass is 245 g/mol. The van der Waals surface area contributed by atoms with Crippen LogP contribution in [0, 0.1) is 25.7 Å². The fraction of sp³-hybridized carbons (Fsp3) is 0.647. The molecule has 0 spiro atoms. The van der Waals surface area contributed by atoms with E-state index >= 15 is 0 Å². The SMILES string of the molecule is CNC(Cc1cc(C)cc(C)c1)C1CCCC1C. The molecule has 1 aliphatic rings. The number of benzene rings is 1. The van der Waals surface area contributed by atoms with E-state index in [2.05, 4.69) is 51.3 Å². The topological polar surface area (TPSA) is 12.0 Å². The van der Waals surface area contributed by atoms with Gasteiger partial charge < -0.3 is 5.32 Å². The maximum Gasteiger partial charge on any atom is 0.0135 e. The van der Waals surface area contributed by atoms with Gasteiger partial charge in [-0.05, 0) is 51.1 Å². The van der Waals surface area contributed by atoms with Crippen LogP contribution in [-0.4, -0.2) is 13.1 Å². The van der Waals surface area contributed by atoms with Crippen molar-refractivity contribution >= 4 is 0 Å². The molecule has 1 N–H and O–H groups in total. The van der Waals surface area contributed by atoms with E-state index in [1.54, 1.807) is 0 Å². The second-order valence-corrected chi connectivity index (χ2v) is 6.17. The van der Waals surface area contributed by atoms with Crippen LogP contribution in [0.5, 0.6) is 0 Å². The smallest absolute Gasteiger partial charge is 0.0135 e. The van der Waals surface area contributed by atoms with Crippen molar-refractivity contribution < 1.29 is 0 Å². The lowest BCUT2D eigenvalue weighted by atomic mass is 9.86. The number of likely N-dealkylation sites (N-methyl/N-ethyl adjacent to an activating group) is 1. The molecule has 1 aromatic carbocycles. The van der Waals surface area contributed by atoms with Gasteiger partial charge >= 0.3 is 0 Å². The van der Waals surface area contributed by atoms with E-state index in [0.717, 1.165) is 11.8 Å². The summed E-state index contributed by atoms with van der Waals surface area (Å²) in [6.45, 7) is 6.82. The Kier molecular flexibility index (Phi) is 4.45. The first kappa shape index (κ1) is 13.6. The van der Waals surface area contributed by atoms with Crippen molar-refractivity contribution in [3.63, 3.8) is 0 Å². The first-order valence-corrected chi connectivity index (χ1v) is 7.34. The van der Waals surface area contributed by atoms with Crippen molar-refractivity contribution in [2.45, 2.75) is 52.5 Å². The molecule has 100 valence electrons. The van der Waals surface area contributed by atoms with Gasteiger partial charge in [0, 0.05) is 6.04 Å². The zero-order valence-electron chi connectivity index (χ0n) is 12.3. The molecule has 0 amide bonds. The lowest BCUT2D eigenvalue weighted by Crippen LogP contribution is -2.36. The predicted molar refractivity (Wildman–Crippen MR) is 79.0 cm³/mol. The molecule has 0 aromatic heterocycles. The van der Waals surface area contributed by atoms with Gasteiger partial charge in [0.15, 0.2) is 0 Å². The first-order valence-electron chi connectivity index (χ1n) is 7.34. The van der Waals surface area contributed by atoms with E-state index in [0.29, 0.717) is 6.04 Å². The lowest BCUT2D eigenvalue weighted by molar-refractivity contribution is 0.308. The Morgan fingerprint density at radius 2 is 1.83 bits per heavy atom. The van der Waals surface area contributed by atoms with E-state index in [1.807, 2.05) is 0 Å². The highest BCUT2D eigenvalue weighted by atomic mass is 14.9. The van der Waals surface area contributed by atoms with Crippen molar-refractivity contribution in [3.05, 3.63) is 34.9 Å². The minimum atomic E-state index is 0.642. The van der Waals surface area contributed by atoms with Crippen LogP contribution in [0.3, 0.4) is 0 Å². The molecule has 0 radical (unpaired) electrons. The highest BCUT2D eigenvalue weighted by molar-refractivity contribution is 5.29. The van der Waals surface area contributed by atoms with E-state index < -0.39 is 0 Å². The van der Waals surface area contributed by atoms with Crippen molar-refractivity contribution in [2.24, 2.45) is 11.8 Å². The van der Waals surface area contributed by atoms with Gasteiger partial charge in [-0.15, -0.1) is 0 Å². The maximum atomic E-state index is 3.56. The van der Waals surface area contributed by atoms with Crippen LogP contribution in [0.4, 0.5) is 0 Å².